The molecule has 0 bridgehead atoms. The summed E-state index contributed by atoms with van der Waals surface area (Å²) in [7, 11) is 0. The van der Waals surface area contributed by atoms with Gasteiger partial charge in [-0.05, 0) is 118 Å². The van der Waals surface area contributed by atoms with E-state index >= 15 is 0 Å². The van der Waals surface area contributed by atoms with E-state index in [2.05, 4.69) is 205 Å². The van der Waals surface area contributed by atoms with Gasteiger partial charge < -0.3 is 0 Å². The summed E-state index contributed by atoms with van der Waals surface area (Å²) in [6, 6.07) is 67.9. The third-order valence-corrected chi connectivity index (χ3v) is 12.6. The van der Waals surface area contributed by atoms with Gasteiger partial charge in [0.2, 0.25) is 0 Å². The van der Waals surface area contributed by atoms with Crippen LogP contribution in [0.5, 0.6) is 0 Å². The van der Waals surface area contributed by atoms with Crippen molar-refractivity contribution in [2.45, 2.75) is 12.3 Å². The monoisotopic (exact) mass is 789 g/mol. The van der Waals surface area contributed by atoms with Crippen LogP contribution in [0.15, 0.2) is 219 Å². The normalized spacial score (nSPS) is 13.9. The van der Waals surface area contributed by atoms with E-state index in [-0.39, 0.29) is 5.92 Å². The van der Waals surface area contributed by atoms with Crippen LogP contribution in [0.25, 0.3) is 104 Å². The fourth-order valence-electron chi connectivity index (χ4n) is 9.75. The molecule has 3 heteroatoms. The molecular weight excluding hydrogens is 751 g/mol. The maximum Gasteiger partial charge on any atom is 0.136 e. The lowest BCUT2D eigenvalue weighted by Crippen LogP contribution is -2.08. The maximum atomic E-state index is 5.52. The Kier molecular flexibility index (Phi) is 8.64. The maximum absolute atomic E-state index is 5.52. The first-order valence-corrected chi connectivity index (χ1v) is 21.3. The molecule has 1 aliphatic rings. The summed E-state index contributed by atoms with van der Waals surface area (Å²) in [5.41, 5.74) is 11.2. The van der Waals surface area contributed by atoms with Gasteiger partial charge >= 0.3 is 0 Å². The van der Waals surface area contributed by atoms with Crippen LogP contribution in [0.1, 0.15) is 23.7 Å². The van der Waals surface area contributed by atoms with Crippen LogP contribution in [0.4, 0.5) is 0 Å². The summed E-state index contributed by atoms with van der Waals surface area (Å²) >= 11 is 0. The van der Waals surface area contributed by atoms with Gasteiger partial charge in [0.15, 0.2) is 0 Å². The minimum atomic E-state index is -0.0559. The van der Waals surface area contributed by atoms with Gasteiger partial charge in [-0.25, -0.2) is 9.97 Å². The van der Waals surface area contributed by atoms with Crippen LogP contribution in [0.2, 0.25) is 0 Å². The summed E-state index contributed by atoms with van der Waals surface area (Å²) in [5.74, 6) is 0.754. The molecule has 11 aromatic rings. The Labute approximate surface area is 360 Å². The lowest BCUT2D eigenvalue weighted by atomic mass is 9.81. The first-order chi connectivity index (χ1) is 30.7. The number of rotatable bonds is 6. The zero-order chi connectivity index (χ0) is 41.0. The predicted molar refractivity (Wildman–Crippen MR) is 260 cm³/mol. The molecule has 2 aromatic heterocycles. The largest absolute Gasteiger partial charge is 0.264 e. The molecule has 0 saturated carbocycles. The first kappa shape index (κ1) is 35.9. The molecule has 0 saturated heterocycles. The SMILES string of the molecule is C1=CC(c2nc(-c3cccc(-c4cccnc4)c3)cc(-c3cc4ccccc4c4ccccc34)n2)CC(c2c3ccccc3c(-c3ccc4ccccc4c3)c3ccccc23)=C1. The highest BCUT2D eigenvalue weighted by Crippen LogP contribution is 2.46. The lowest BCUT2D eigenvalue weighted by Gasteiger charge is -2.23. The minimum Gasteiger partial charge on any atom is -0.264 e. The Balaban J connectivity index is 1.02. The van der Waals surface area contributed by atoms with E-state index in [1.54, 1.807) is 0 Å². The summed E-state index contributed by atoms with van der Waals surface area (Å²) in [4.78, 5) is 15.4. The number of allylic oxidation sites excluding steroid dienone is 4. The third-order valence-electron chi connectivity index (χ3n) is 12.6. The molecule has 62 heavy (non-hydrogen) atoms. The van der Waals surface area contributed by atoms with Crippen LogP contribution < -0.4 is 0 Å². The quantitative estimate of drug-likeness (QED) is 0.124. The van der Waals surface area contributed by atoms with Gasteiger partial charge in [0, 0.05) is 35.0 Å². The summed E-state index contributed by atoms with van der Waals surface area (Å²) in [6.07, 6.45) is 11.3. The number of aromatic nitrogens is 3. The van der Waals surface area contributed by atoms with Gasteiger partial charge in [0.1, 0.15) is 5.82 Å². The number of benzene rings is 9. The Morgan fingerprint density at radius 2 is 1.03 bits per heavy atom. The third kappa shape index (κ3) is 6.17. The van der Waals surface area contributed by atoms with Crippen molar-refractivity contribution in [2.24, 2.45) is 0 Å². The van der Waals surface area contributed by atoms with E-state index in [0.29, 0.717) is 0 Å². The second-order valence-electron chi connectivity index (χ2n) is 16.3. The van der Waals surface area contributed by atoms with Crippen molar-refractivity contribution >= 4 is 59.4 Å². The molecule has 0 spiro atoms. The van der Waals surface area contributed by atoms with E-state index in [1.807, 2.05) is 18.5 Å². The molecule has 1 aliphatic carbocycles. The van der Waals surface area contributed by atoms with E-state index in [4.69, 9.17) is 9.97 Å². The Bertz CT molecular complexity index is 3560. The minimum absolute atomic E-state index is 0.0559. The van der Waals surface area contributed by atoms with Crippen molar-refractivity contribution in [3.63, 3.8) is 0 Å². The van der Waals surface area contributed by atoms with Gasteiger partial charge in [0.25, 0.3) is 0 Å². The summed E-state index contributed by atoms with van der Waals surface area (Å²) in [6.45, 7) is 0. The van der Waals surface area contributed by atoms with Crippen LogP contribution >= 0.6 is 0 Å². The van der Waals surface area contributed by atoms with Gasteiger partial charge in [0.05, 0.1) is 11.4 Å². The average molecular weight is 790 g/mol. The standard InChI is InChI=1S/C59H39N3/c1-2-15-39-33-44(30-29-38(39)14-1)58-52-27-9-7-25-50(52)57(51-26-8-10-28-53(51)58)43-19-12-20-45(34-43)59-61-55(42-18-11-17-40(32-42)46-21-13-31-60-37-46)36-56(62-59)54-35-41-16-3-4-22-47(41)48-23-5-6-24-49(48)54/h1-33,35-37,45H,34H2. The highest BCUT2D eigenvalue weighted by molar-refractivity contribution is 6.19. The van der Waals surface area contributed by atoms with Gasteiger partial charge in [-0.2, -0.15) is 0 Å². The van der Waals surface area contributed by atoms with Gasteiger partial charge in [-0.1, -0.05) is 176 Å². The van der Waals surface area contributed by atoms with Crippen molar-refractivity contribution in [3.8, 4) is 44.8 Å². The predicted octanol–water partition coefficient (Wildman–Crippen LogP) is 15.4. The molecule has 0 amide bonds. The number of hydrogen-bond acceptors (Lipinski definition) is 3. The molecule has 0 aliphatic heterocycles. The molecule has 0 radical (unpaired) electrons. The fraction of sp³-hybridized carbons (Fsp3) is 0.0339. The van der Waals surface area contributed by atoms with Crippen LogP contribution in [0, 0.1) is 0 Å². The number of hydrogen-bond donors (Lipinski definition) is 0. The number of fused-ring (bicyclic) bond motifs is 6. The molecule has 0 N–H and O–H groups in total. The molecule has 12 rings (SSSR count). The number of nitrogens with zero attached hydrogens (tertiary/aromatic N) is 3. The van der Waals surface area contributed by atoms with E-state index < -0.39 is 0 Å². The van der Waals surface area contributed by atoms with Crippen molar-refractivity contribution in [3.05, 3.63) is 230 Å². The van der Waals surface area contributed by atoms with E-state index in [0.717, 1.165) is 45.9 Å². The van der Waals surface area contributed by atoms with Gasteiger partial charge in [-0.3, -0.25) is 4.98 Å². The molecule has 290 valence electrons. The highest BCUT2D eigenvalue weighted by atomic mass is 14.9. The second-order valence-corrected chi connectivity index (χ2v) is 16.3. The lowest BCUT2D eigenvalue weighted by molar-refractivity contribution is 0.786. The zero-order valence-corrected chi connectivity index (χ0v) is 33.9. The van der Waals surface area contributed by atoms with Crippen LogP contribution in [-0.2, 0) is 0 Å². The number of pyridine rings is 1. The second kappa shape index (κ2) is 14.9. The van der Waals surface area contributed by atoms with Gasteiger partial charge in [-0.15, -0.1) is 0 Å². The van der Waals surface area contributed by atoms with Crippen LogP contribution in [0.3, 0.4) is 0 Å². The summed E-state index contributed by atoms with van der Waals surface area (Å²) < 4.78 is 0. The molecular formula is C59H39N3. The molecule has 1 unspecified atom stereocenters. The summed E-state index contributed by atoms with van der Waals surface area (Å²) in [5, 5.41) is 12.3. The van der Waals surface area contributed by atoms with Crippen molar-refractivity contribution in [2.75, 3.05) is 0 Å². The fourth-order valence-corrected chi connectivity index (χ4v) is 9.75. The molecule has 3 nitrogen and oxygen atoms in total. The average Bonchev–Trinajstić information content (AvgIpc) is 3.35. The van der Waals surface area contributed by atoms with E-state index in [1.165, 1.54) is 76.1 Å². The molecule has 9 aromatic carbocycles. The van der Waals surface area contributed by atoms with Crippen molar-refractivity contribution < 1.29 is 0 Å². The topological polar surface area (TPSA) is 38.7 Å². The Morgan fingerprint density at radius 1 is 0.403 bits per heavy atom. The van der Waals surface area contributed by atoms with Crippen LogP contribution in [-0.4, -0.2) is 15.0 Å². The molecule has 1 atom stereocenters. The van der Waals surface area contributed by atoms with E-state index in [9.17, 15) is 0 Å². The first-order valence-electron chi connectivity index (χ1n) is 21.3. The smallest absolute Gasteiger partial charge is 0.136 e. The Morgan fingerprint density at radius 3 is 1.79 bits per heavy atom. The molecule has 0 fully saturated rings. The zero-order valence-electron chi connectivity index (χ0n) is 33.9. The Hall–Kier alpha value is -8.01. The van der Waals surface area contributed by atoms with Crippen molar-refractivity contribution in [1.29, 1.82) is 0 Å². The highest BCUT2D eigenvalue weighted by Gasteiger charge is 2.24. The molecule has 2 heterocycles. The van der Waals surface area contributed by atoms with Crippen molar-refractivity contribution in [1.82, 2.24) is 15.0 Å².